The van der Waals surface area contributed by atoms with E-state index in [0.29, 0.717) is 12.2 Å². The van der Waals surface area contributed by atoms with Gasteiger partial charge in [-0.15, -0.1) is 0 Å². The number of halogens is 1. The zero-order chi connectivity index (χ0) is 16.7. The minimum atomic E-state index is -3.63. The van der Waals surface area contributed by atoms with E-state index in [-0.39, 0.29) is 11.4 Å². The third kappa shape index (κ3) is 2.40. The summed E-state index contributed by atoms with van der Waals surface area (Å²) < 4.78 is 41.6. The molecule has 3 aromatic rings. The number of benzene rings is 1. The fourth-order valence-corrected chi connectivity index (χ4v) is 4.08. The molecule has 0 bridgehead atoms. The maximum absolute atomic E-state index is 13.5. The topological polar surface area (TPSA) is 68.1 Å². The molecule has 2 aromatic heterocycles. The molecular formula is C16H12FN4O2S. The molecule has 4 rings (SSSR count). The number of hydrogen-bond acceptors (Lipinski definition) is 4. The van der Waals surface area contributed by atoms with Crippen molar-refractivity contribution in [1.82, 2.24) is 19.1 Å². The summed E-state index contributed by atoms with van der Waals surface area (Å²) in [4.78, 5) is 4.06. The molecule has 1 aliphatic rings. The van der Waals surface area contributed by atoms with E-state index in [4.69, 9.17) is 0 Å². The van der Waals surface area contributed by atoms with Gasteiger partial charge in [0.05, 0.1) is 23.0 Å². The smallest absolute Gasteiger partial charge is 0.243 e. The number of nitrogens with zero attached hydrogens (tertiary/aromatic N) is 4. The van der Waals surface area contributed by atoms with Gasteiger partial charge in [0.1, 0.15) is 0 Å². The number of rotatable bonds is 3. The minimum absolute atomic E-state index is 0.156. The largest absolute Gasteiger partial charge is 0.254 e. The summed E-state index contributed by atoms with van der Waals surface area (Å²) in [6.45, 7) is 0.584. The number of pyridine rings is 1. The monoisotopic (exact) mass is 343 g/mol. The second-order valence-electron chi connectivity index (χ2n) is 5.41. The average Bonchev–Trinajstić information content (AvgIpc) is 3.21. The van der Waals surface area contributed by atoms with Gasteiger partial charge in [0.15, 0.2) is 0 Å². The summed E-state index contributed by atoms with van der Waals surface area (Å²) >= 11 is 0. The predicted molar refractivity (Wildman–Crippen MR) is 83.0 cm³/mol. The molecule has 0 N–H and O–H groups in total. The third-order valence-electron chi connectivity index (χ3n) is 3.96. The van der Waals surface area contributed by atoms with Crippen molar-refractivity contribution in [2.24, 2.45) is 0 Å². The van der Waals surface area contributed by atoms with Crippen molar-refractivity contribution in [2.75, 3.05) is 0 Å². The maximum Gasteiger partial charge on any atom is 0.243 e. The molecule has 1 aromatic carbocycles. The molecule has 0 unspecified atom stereocenters. The van der Waals surface area contributed by atoms with Gasteiger partial charge in [0.25, 0.3) is 0 Å². The summed E-state index contributed by atoms with van der Waals surface area (Å²) in [6, 6.07) is 8.91. The van der Waals surface area contributed by atoms with Gasteiger partial charge in [-0.2, -0.15) is 13.8 Å². The molecule has 1 aliphatic heterocycles. The molecule has 0 fully saturated rings. The Bertz CT molecular complexity index is 974. The standard InChI is InChI=1S/C16H12FN4O2S/c17-16-6-8-19-21(16)14-1-3-15(4-2-14)24(22,23)20-10-12-5-7-18-9-13(12)11-20/h1-6,8-9H,10-11H2. The third-order valence-corrected chi connectivity index (χ3v) is 5.76. The first kappa shape index (κ1) is 15.0. The maximum atomic E-state index is 13.5. The van der Waals surface area contributed by atoms with Crippen molar-refractivity contribution in [3.05, 3.63) is 72.1 Å². The lowest BCUT2D eigenvalue weighted by Gasteiger charge is -2.16. The van der Waals surface area contributed by atoms with Gasteiger partial charge in [-0.05, 0) is 41.5 Å². The van der Waals surface area contributed by atoms with Gasteiger partial charge in [-0.3, -0.25) is 4.98 Å². The lowest BCUT2D eigenvalue weighted by atomic mass is 10.2. The van der Waals surface area contributed by atoms with Gasteiger partial charge in [0.2, 0.25) is 16.0 Å². The van der Waals surface area contributed by atoms with Crippen LogP contribution in [0.4, 0.5) is 4.39 Å². The molecule has 0 atom stereocenters. The molecule has 24 heavy (non-hydrogen) atoms. The van der Waals surface area contributed by atoms with Crippen molar-refractivity contribution in [3.63, 3.8) is 0 Å². The lowest BCUT2D eigenvalue weighted by Crippen LogP contribution is -2.25. The van der Waals surface area contributed by atoms with E-state index in [0.717, 1.165) is 15.8 Å². The van der Waals surface area contributed by atoms with E-state index in [2.05, 4.69) is 16.3 Å². The van der Waals surface area contributed by atoms with Gasteiger partial charge in [0, 0.05) is 25.4 Å². The van der Waals surface area contributed by atoms with Gasteiger partial charge >= 0.3 is 0 Å². The number of fused-ring (bicyclic) bond motifs is 1. The fraction of sp³-hybridized carbons (Fsp3) is 0.125. The zero-order valence-corrected chi connectivity index (χ0v) is 13.2. The van der Waals surface area contributed by atoms with Crippen LogP contribution in [-0.4, -0.2) is 27.5 Å². The fourth-order valence-electron chi connectivity index (χ4n) is 2.69. The van der Waals surface area contributed by atoms with Gasteiger partial charge in [-0.1, -0.05) is 0 Å². The summed E-state index contributed by atoms with van der Waals surface area (Å²) in [5.74, 6) is -0.510. The Hall–Kier alpha value is -2.58. The van der Waals surface area contributed by atoms with Gasteiger partial charge in [-0.25, -0.2) is 13.1 Å². The van der Waals surface area contributed by atoms with Crippen LogP contribution >= 0.6 is 0 Å². The Balaban J connectivity index is 1.63. The first-order chi connectivity index (χ1) is 11.6. The first-order valence-corrected chi connectivity index (χ1v) is 8.64. The van der Waals surface area contributed by atoms with Gasteiger partial charge < -0.3 is 0 Å². The molecule has 3 heterocycles. The van der Waals surface area contributed by atoms with Crippen molar-refractivity contribution in [1.29, 1.82) is 0 Å². The van der Waals surface area contributed by atoms with Crippen LogP contribution < -0.4 is 0 Å². The summed E-state index contributed by atoms with van der Waals surface area (Å²) in [7, 11) is -3.63. The van der Waals surface area contributed by atoms with E-state index in [1.807, 2.05) is 0 Å². The molecule has 121 valence electrons. The average molecular weight is 343 g/mol. The highest BCUT2D eigenvalue weighted by Crippen LogP contribution is 2.28. The molecule has 0 aliphatic carbocycles. The lowest BCUT2D eigenvalue weighted by molar-refractivity contribution is 0.431. The molecule has 0 spiro atoms. The van der Waals surface area contributed by atoms with Crippen LogP contribution in [0.1, 0.15) is 11.1 Å². The van der Waals surface area contributed by atoms with Crippen LogP contribution in [0.15, 0.2) is 53.7 Å². The van der Waals surface area contributed by atoms with Crippen LogP contribution in [0.3, 0.4) is 0 Å². The van der Waals surface area contributed by atoms with Crippen LogP contribution in [-0.2, 0) is 23.1 Å². The SMILES string of the molecule is O=S(=O)(c1ccc(-n2nccc2F)cc1)N1Cc2c[c]ncc2C1. The Morgan fingerprint density at radius 2 is 1.83 bits per heavy atom. The molecule has 1 radical (unpaired) electrons. The zero-order valence-electron chi connectivity index (χ0n) is 12.4. The van der Waals surface area contributed by atoms with Crippen LogP contribution in [0.5, 0.6) is 0 Å². The summed E-state index contributed by atoms with van der Waals surface area (Å²) in [5, 5.41) is 3.85. The molecule has 8 heteroatoms. The predicted octanol–water partition coefficient (Wildman–Crippen LogP) is 1.91. The highest BCUT2D eigenvalue weighted by molar-refractivity contribution is 7.89. The Kier molecular flexibility index (Phi) is 3.43. The van der Waals surface area contributed by atoms with E-state index < -0.39 is 16.0 Å². The summed E-state index contributed by atoms with van der Waals surface area (Å²) in [5.41, 5.74) is 2.25. The number of hydrogen-bond donors (Lipinski definition) is 0. The van der Waals surface area contributed by atoms with E-state index in [9.17, 15) is 12.8 Å². The Morgan fingerprint density at radius 3 is 2.50 bits per heavy atom. The first-order valence-electron chi connectivity index (χ1n) is 7.20. The Morgan fingerprint density at radius 1 is 1.08 bits per heavy atom. The highest BCUT2D eigenvalue weighted by atomic mass is 32.2. The van der Waals surface area contributed by atoms with E-state index in [1.165, 1.54) is 40.8 Å². The number of aromatic nitrogens is 3. The van der Waals surface area contributed by atoms with E-state index >= 15 is 0 Å². The van der Waals surface area contributed by atoms with Crippen molar-refractivity contribution in [2.45, 2.75) is 18.0 Å². The number of sulfonamides is 1. The van der Waals surface area contributed by atoms with Crippen molar-refractivity contribution in [3.8, 4) is 5.69 Å². The van der Waals surface area contributed by atoms with Crippen LogP contribution in [0.2, 0.25) is 0 Å². The molecule has 0 saturated heterocycles. The molecular weight excluding hydrogens is 331 g/mol. The minimum Gasteiger partial charge on any atom is -0.254 e. The normalized spacial score (nSPS) is 14.7. The second-order valence-corrected chi connectivity index (χ2v) is 7.35. The summed E-state index contributed by atoms with van der Waals surface area (Å²) in [6.07, 6.45) is 5.69. The van der Waals surface area contributed by atoms with Crippen LogP contribution in [0.25, 0.3) is 5.69 Å². The molecule has 6 nitrogen and oxygen atoms in total. The highest BCUT2D eigenvalue weighted by Gasteiger charge is 2.30. The second kappa shape index (κ2) is 5.50. The van der Waals surface area contributed by atoms with Crippen molar-refractivity contribution < 1.29 is 12.8 Å². The molecule has 0 saturated carbocycles. The molecule has 0 amide bonds. The van der Waals surface area contributed by atoms with Crippen LogP contribution in [0, 0.1) is 12.1 Å². The quantitative estimate of drug-likeness (QED) is 0.728. The van der Waals surface area contributed by atoms with Crippen molar-refractivity contribution >= 4 is 10.0 Å². The Labute approximate surface area is 138 Å². The van der Waals surface area contributed by atoms with E-state index in [1.54, 1.807) is 12.3 Å².